The average molecular weight is 342 g/mol. The number of para-hydroxylation sites is 1. The minimum atomic E-state index is -0.687. The van der Waals surface area contributed by atoms with Gasteiger partial charge in [0.2, 0.25) is 0 Å². The molecule has 1 aliphatic heterocycles. The maximum absolute atomic E-state index is 12.4. The number of amides is 2. The van der Waals surface area contributed by atoms with E-state index in [9.17, 15) is 14.4 Å². The molecule has 3 rings (SSSR count). The first-order valence-corrected chi connectivity index (χ1v) is 7.93. The molecule has 0 saturated heterocycles. The number of hydrogen-bond acceptors (Lipinski definition) is 5. The van der Waals surface area contributed by atoms with E-state index >= 15 is 0 Å². The van der Waals surface area contributed by atoms with E-state index in [1.54, 1.807) is 11.0 Å². The molecule has 0 aliphatic carbocycles. The Kier molecular flexibility index (Phi) is 4.83. The quantitative estimate of drug-likeness (QED) is 0.833. The van der Waals surface area contributed by atoms with Gasteiger partial charge >= 0.3 is 5.97 Å². The first kappa shape index (κ1) is 16.8. The summed E-state index contributed by atoms with van der Waals surface area (Å²) in [5.74, 6) is -1.39. The van der Waals surface area contributed by atoms with Crippen LogP contribution in [0.25, 0.3) is 0 Å². The van der Waals surface area contributed by atoms with Crippen molar-refractivity contribution in [1.82, 2.24) is 5.32 Å². The molecule has 0 bridgehead atoms. The van der Waals surface area contributed by atoms with Crippen LogP contribution in [0.4, 0.5) is 5.69 Å². The molecule has 25 heavy (non-hydrogen) atoms. The molecule has 1 aliphatic rings. The standard InChI is InChI=1S/C18H18N2O5/c1-12-9-13-5-2-3-6-14(13)20(12)16(21)11-25-17(22)10-19-18(23)15-7-4-8-24-15/h2-8,12H,9-11H2,1H3,(H,19,23). The van der Waals surface area contributed by atoms with Gasteiger partial charge in [0.1, 0.15) is 6.54 Å². The third kappa shape index (κ3) is 3.71. The second kappa shape index (κ2) is 7.21. The highest BCUT2D eigenvalue weighted by Crippen LogP contribution is 2.31. The van der Waals surface area contributed by atoms with Crippen LogP contribution in [0.15, 0.2) is 47.1 Å². The molecule has 0 fully saturated rings. The first-order chi connectivity index (χ1) is 12.1. The van der Waals surface area contributed by atoms with Crippen molar-refractivity contribution in [3.05, 3.63) is 54.0 Å². The Balaban J connectivity index is 1.49. The fourth-order valence-corrected chi connectivity index (χ4v) is 2.86. The average Bonchev–Trinajstić information content (AvgIpc) is 3.24. The van der Waals surface area contributed by atoms with Crippen molar-refractivity contribution < 1.29 is 23.5 Å². The van der Waals surface area contributed by atoms with Crippen LogP contribution in [0.1, 0.15) is 23.0 Å². The number of nitrogens with zero attached hydrogens (tertiary/aromatic N) is 1. The molecule has 0 saturated carbocycles. The van der Waals surface area contributed by atoms with Crippen molar-refractivity contribution in [2.24, 2.45) is 0 Å². The van der Waals surface area contributed by atoms with Gasteiger partial charge in [-0.1, -0.05) is 18.2 Å². The van der Waals surface area contributed by atoms with E-state index in [2.05, 4.69) is 5.32 Å². The van der Waals surface area contributed by atoms with Crippen molar-refractivity contribution in [2.75, 3.05) is 18.1 Å². The Bertz CT molecular complexity index is 785. The largest absolute Gasteiger partial charge is 0.459 e. The third-order valence-corrected chi connectivity index (χ3v) is 3.97. The van der Waals surface area contributed by atoms with Crippen molar-refractivity contribution in [3.8, 4) is 0 Å². The van der Waals surface area contributed by atoms with Gasteiger partial charge in [-0.05, 0) is 37.1 Å². The maximum atomic E-state index is 12.4. The Hall–Kier alpha value is -3.09. The van der Waals surface area contributed by atoms with Gasteiger partial charge in [0, 0.05) is 11.7 Å². The summed E-state index contributed by atoms with van der Waals surface area (Å²) >= 11 is 0. The van der Waals surface area contributed by atoms with Crippen LogP contribution < -0.4 is 10.2 Å². The Morgan fingerprint density at radius 2 is 2.04 bits per heavy atom. The molecule has 130 valence electrons. The second-order valence-electron chi connectivity index (χ2n) is 5.77. The molecule has 2 aromatic rings. The SMILES string of the molecule is CC1Cc2ccccc2N1C(=O)COC(=O)CNC(=O)c1ccco1. The number of rotatable bonds is 5. The molecule has 7 heteroatoms. The number of nitrogens with one attached hydrogen (secondary N) is 1. The molecule has 0 spiro atoms. The molecular formula is C18H18N2O5. The fraction of sp³-hybridized carbons (Fsp3) is 0.278. The molecule has 7 nitrogen and oxygen atoms in total. The first-order valence-electron chi connectivity index (χ1n) is 7.93. The number of carbonyl (C=O) groups excluding carboxylic acids is 3. The van der Waals surface area contributed by atoms with Gasteiger partial charge in [0.05, 0.1) is 6.26 Å². The maximum Gasteiger partial charge on any atom is 0.325 e. The van der Waals surface area contributed by atoms with E-state index in [4.69, 9.17) is 9.15 Å². The summed E-state index contributed by atoms with van der Waals surface area (Å²) in [7, 11) is 0. The number of benzene rings is 1. The van der Waals surface area contributed by atoms with E-state index in [1.165, 1.54) is 12.3 Å². The van der Waals surface area contributed by atoms with Crippen molar-refractivity contribution in [2.45, 2.75) is 19.4 Å². The number of anilines is 1. The molecule has 1 unspecified atom stereocenters. The number of carbonyl (C=O) groups is 3. The highest BCUT2D eigenvalue weighted by molar-refractivity contribution is 5.98. The van der Waals surface area contributed by atoms with Crippen LogP contribution in [0.5, 0.6) is 0 Å². The van der Waals surface area contributed by atoms with Gasteiger partial charge in [0.15, 0.2) is 12.4 Å². The predicted molar refractivity (Wildman–Crippen MR) is 89.1 cm³/mol. The van der Waals surface area contributed by atoms with Crippen LogP contribution in [0.3, 0.4) is 0 Å². The summed E-state index contributed by atoms with van der Waals surface area (Å²) in [6.45, 7) is 1.25. The fourth-order valence-electron chi connectivity index (χ4n) is 2.86. The predicted octanol–water partition coefficient (Wildman–Crippen LogP) is 1.53. The van der Waals surface area contributed by atoms with Gasteiger partial charge in [-0.15, -0.1) is 0 Å². The van der Waals surface area contributed by atoms with Crippen LogP contribution in [0.2, 0.25) is 0 Å². The van der Waals surface area contributed by atoms with Gasteiger partial charge in [0.25, 0.3) is 11.8 Å². The number of furan rings is 1. The zero-order chi connectivity index (χ0) is 17.8. The topological polar surface area (TPSA) is 88.9 Å². The zero-order valence-electron chi connectivity index (χ0n) is 13.7. The highest BCUT2D eigenvalue weighted by Gasteiger charge is 2.30. The highest BCUT2D eigenvalue weighted by atomic mass is 16.5. The monoisotopic (exact) mass is 342 g/mol. The number of esters is 1. The summed E-state index contributed by atoms with van der Waals surface area (Å²) < 4.78 is 9.89. The minimum absolute atomic E-state index is 0.0160. The van der Waals surface area contributed by atoms with E-state index in [0.717, 1.165) is 17.7 Å². The van der Waals surface area contributed by atoms with Gasteiger partial charge in [-0.2, -0.15) is 0 Å². The molecule has 0 radical (unpaired) electrons. The summed E-state index contributed by atoms with van der Waals surface area (Å²) in [4.78, 5) is 37.4. The molecule has 1 atom stereocenters. The van der Waals surface area contributed by atoms with Gasteiger partial charge in [-0.25, -0.2) is 0 Å². The van der Waals surface area contributed by atoms with Crippen LogP contribution in [0, 0.1) is 0 Å². The zero-order valence-corrected chi connectivity index (χ0v) is 13.7. The number of fused-ring (bicyclic) bond motifs is 1. The lowest BCUT2D eigenvalue weighted by atomic mass is 10.1. The van der Waals surface area contributed by atoms with Gasteiger partial charge < -0.3 is 19.4 Å². The normalized spacial score (nSPS) is 15.6. The number of ether oxygens (including phenoxy) is 1. The summed E-state index contributed by atoms with van der Waals surface area (Å²) in [5.41, 5.74) is 1.95. The minimum Gasteiger partial charge on any atom is -0.459 e. The Labute approximate surface area is 144 Å². The van der Waals surface area contributed by atoms with Gasteiger partial charge in [-0.3, -0.25) is 14.4 Å². The van der Waals surface area contributed by atoms with E-state index < -0.39 is 11.9 Å². The molecule has 2 heterocycles. The molecule has 2 amide bonds. The second-order valence-corrected chi connectivity index (χ2v) is 5.77. The van der Waals surface area contributed by atoms with E-state index in [0.29, 0.717) is 0 Å². The molecule has 1 aromatic carbocycles. The molecule has 1 N–H and O–H groups in total. The van der Waals surface area contributed by atoms with Crippen LogP contribution >= 0.6 is 0 Å². The molecular weight excluding hydrogens is 324 g/mol. The smallest absolute Gasteiger partial charge is 0.325 e. The van der Waals surface area contributed by atoms with Crippen molar-refractivity contribution in [1.29, 1.82) is 0 Å². The number of hydrogen-bond donors (Lipinski definition) is 1. The summed E-state index contributed by atoms with van der Waals surface area (Å²) in [5, 5.41) is 2.37. The van der Waals surface area contributed by atoms with Crippen molar-refractivity contribution in [3.63, 3.8) is 0 Å². The third-order valence-electron chi connectivity index (χ3n) is 3.97. The Morgan fingerprint density at radius 3 is 2.80 bits per heavy atom. The van der Waals surface area contributed by atoms with Crippen molar-refractivity contribution >= 4 is 23.5 Å². The van der Waals surface area contributed by atoms with E-state index in [-0.39, 0.29) is 30.9 Å². The Morgan fingerprint density at radius 1 is 1.24 bits per heavy atom. The van der Waals surface area contributed by atoms with Crippen LogP contribution in [-0.2, 0) is 20.7 Å². The summed E-state index contributed by atoms with van der Waals surface area (Å²) in [6, 6.07) is 10.7. The lowest BCUT2D eigenvalue weighted by Gasteiger charge is -2.22. The van der Waals surface area contributed by atoms with Crippen LogP contribution in [-0.4, -0.2) is 37.0 Å². The lowest BCUT2D eigenvalue weighted by Crippen LogP contribution is -2.39. The lowest BCUT2D eigenvalue weighted by molar-refractivity contribution is -0.146. The van der Waals surface area contributed by atoms with E-state index in [1.807, 2.05) is 31.2 Å². The summed E-state index contributed by atoms with van der Waals surface area (Å²) in [6.07, 6.45) is 2.13. The molecule has 1 aromatic heterocycles.